The van der Waals surface area contributed by atoms with Gasteiger partial charge in [-0.1, -0.05) is 0 Å². The fourth-order valence-corrected chi connectivity index (χ4v) is 8.87. The van der Waals surface area contributed by atoms with Crippen LogP contribution in [0.25, 0.3) is 0 Å². The summed E-state index contributed by atoms with van der Waals surface area (Å²) in [6.07, 6.45) is 18.1. The molecule has 0 atom stereocenters. The van der Waals surface area contributed by atoms with Crippen LogP contribution in [0, 0.1) is 0 Å². The SMILES string of the molecule is CCCC[PH](CCCC)(CCCC)CCCC.Cl.Cl. The fourth-order valence-electron chi connectivity index (χ4n) is 2.96. The molecule has 0 heterocycles. The molecule has 0 saturated heterocycles. The van der Waals surface area contributed by atoms with E-state index in [0.29, 0.717) is 0 Å². The molecule has 0 radical (unpaired) electrons. The number of hydrogen-bond acceptors (Lipinski definition) is 0. The number of halogens is 2. The molecule has 0 aliphatic carbocycles. The summed E-state index contributed by atoms with van der Waals surface area (Å²) in [7, 11) is -0.879. The van der Waals surface area contributed by atoms with Gasteiger partial charge in [0.1, 0.15) is 0 Å². The van der Waals surface area contributed by atoms with Crippen LogP contribution in [0.15, 0.2) is 0 Å². The molecular weight excluding hydrogens is 294 g/mol. The Kier molecular flexibility index (Phi) is 22.4. The van der Waals surface area contributed by atoms with Gasteiger partial charge in [0.05, 0.1) is 0 Å². The molecule has 0 unspecified atom stereocenters. The second-order valence-electron chi connectivity index (χ2n) is 5.91. The van der Waals surface area contributed by atoms with Crippen molar-refractivity contribution in [3.8, 4) is 0 Å². The van der Waals surface area contributed by atoms with E-state index in [1.165, 1.54) is 51.4 Å². The summed E-state index contributed by atoms with van der Waals surface area (Å²) >= 11 is 0. The summed E-state index contributed by atoms with van der Waals surface area (Å²) in [4.78, 5) is 0. The summed E-state index contributed by atoms with van der Waals surface area (Å²) < 4.78 is 0. The maximum absolute atomic E-state index is 2.36. The maximum Gasteiger partial charge on any atom is -0.147 e. The Morgan fingerprint density at radius 1 is 0.474 bits per heavy atom. The number of rotatable bonds is 12. The van der Waals surface area contributed by atoms with Gasteiger partial charge in [-0.25, -0.2) is 0 Å². The van der Waals surface area contributed by atoms with E-state index >= 15 is 0 Å². The molecule has 0 aliphatic rings. The normalized spacial score (nSPS) is 11.6. The minimum atomic E-state index is -0.879. The third kappa shape index (κ3) is 12.5. The monoisotopic (exact) mass is 332 g/mol. The van der Waals surface area contributed by atoms with E-state index in [4.69, 9.17) is 0 Å². The minimum Gasteiger partial charge on any atom is -0.147 e. The molecule has 0 aromatic rings. The zero-order valence-corrected chi connectivity index (χ0v) is 16.4. The second-order valence-corrected chi connectivity index (χ2v) is 10.9. The molecule has 0 spiro atoms. The van der Waals surface area contributed by atoms with E-state index in [1.807, 2.05) is 0 Å². The zero-order valence-electron chi connectivity index (χ0n) is 13.8. The Balaban J connectivity index is -0.00000128. The predicted octanol–water partition coefficient (Wildman–Crippen LogP) is 6.78. The van der Waals surface area contributed by atoms with Crippen LogP contribution < -0.4 is 0 Å². The average Bonchev–Trinajstić information content (AvgIpc) is 2.37. The standard InChI is InChI=1S/C16H37P.2ClH/c1-5-9-13-17(14-10-6-2,15-11-7-3)16-12-8-4;;/h17H,5-16H2,1-4H3;2*1H. The predicted molar refractivity (Wildman–Crippen MR) is 102 cm³/mol. The van der Waals surface area contributed by atoms with Gasteiger partial charge in [0.2, 0.25) is 0 Å². The molecule has 0 fully saturated rings. The van der Waals surface area contributed by atoms with Crippen molar-refractivity contribution in [1.29, 1.82) is 0 Å². The van der Waals surface area contributed by atoms with Gasteiger partial charge in [-0.3, -0.25) is 0 Å². The first-order valence-electron chi connectivity index (χ1n) is 8.24. The quantitative estimate of drug-likeness (QED) is 0.345. The number of hydrogen-bond donors (Lipinski definition) is 0. The van der Waals surface area contributed by atoms with E-state index in [0.717, 1.165) is 0 Å². The Morgan fingerprint density at radius 3 is 0.842 bits per heavy atom. The molecule has 0 bridgehead atoms. The molecule has 0 saturated carbocycles. The van der Waals surface area contributed by atoms with Crippen LogP contribution in [0.2, 0.25) is 0 Å². The largest absolute Gasteiger partial charge is 0.147 e. The summed E-state index contributed by atoms with van der Waals surface area (Å²) in [5.74, 6) is 0. The second kappa shape index (κ2) is 17.1. The van der Waals surface area contributed by atoms with Gasteiger partial charge in [-0.15, -0.1) is 24.8 Å². The van der Waals surface area contributed by atoms with Crippen molar-refractivity contribution in [3.63, 3.8) is 0 Å². The topological polar surface area (TPSA) is 0 Å². The van der Waals surface area contributed by atoms with E-state index in [2.05, 4.69) is 27.7 Å². The van der Waals surface area contributed by atoms with Crippen LogP contribution in [0.1, 0.15) is 79.1 Å². The molecule has 122 valence electrons. The van der Waals surface area contributed by atoms with Gasteiger partial charge < -0.3 is 0 Å². The Hall–Kier alpha value is 1.01. The summed E-state index contributed by atoms with van der Waals surface area (Å²) in [5, 5.41) is 0. The Bertz CT molecular complexity index is 125. The Labute approximate surface area is 136 Å². The van der Waals surface area contributed by atoms with Crippen molar-refractivity contribution >= 4 is 32.1 Å². The molecule has 0 N–H and O–H groups in total. The van der Waals surface area contributed by atoms with E-state index < -0.39 is 7.26 Å². The molecular formula is C16H39Cl2P. The van der Waals surface area contributed by atoms with Gasteiger partial charge in [-0.05, 0) is 0 Å². The van der Waals surface area contributed by atoms with Crippen molar-refractivity contribution < 1.29 is 0 Å². The molecule has 0 nitrogen and oxygen atoms in total. The van der Waals surface area contributed by atoms with Gasteiger partial charge in [0.15, 0.2) is 0 Å². The number of unbranched alkanes of at least 4 members (excludes halogenated alkanes) is 4. The molecule has 0 rings (SSSR count). The third-order valence-corrected chi connectivity index (χ3v) is 9.90. The van der Waals surface area contributed by atoms with Crippen LogP contribution in [0.3, 0.4) is 0 Å². The first-order chi connectivity index (χ1) is 8.24. The summed E-state index contributed by atoms with van der Waals surface area (Å²) in [6.45, 7) is 9.44. The average molecular weight is 333 g/mol. The van der Waals surface area contributed by atoms with Crippen molar-refractivity contribution in [2.24, 2.45) is 0 Å². The van der Waals surface area contributed by atoms with E-state index in [1.54, 1.807) is 24.6 Å². The van der Waals surface area contributed by atoms with Gasteiger partial charge in [0.25, 0.3) is 0 Å². The van der Waals surface area contributed by atoms with Gasteiger partial charge in [-0.2, -0.15) is 0 Å². The van der Waals surface area contributed by atoms with E-state index in [-0.39, 0.29) is 24.8 Å². The van der Waals surface area contributed by atoms with Crippen LogP contribution in [0.4, 0.5) is 0 Å². The Morgan fingerprint density at radius 2 is 0.684 bits per heavy atom. The van der Waals surface area contributed by atoms with Crippen molar-refractivity contribution in [2.75, 3.05) is 24.6 Å². The first-order valence-corrected chi connectivity index (χ1v) is 11.1. The molecule has 0 aromatic heterocycles. The smallest absolute Gasteiger partial charge is 0.147 e. The van der Waals surface area contributed by atoms with E-state index in [9.17, 15) is 0 Å². The summed E-state index contributed by atoms with van der Waals surface area (Å²) in [6, 6.07) is 0. The van der Waals surface area contributed by atoms with Gasteiger partial charge >= 0.3 is 111 Å². The van der Waals surface area contributed by atoms with Crippen LogP contribution in [-0.4, -0.2) is 24.6 Å². The third-order valence-electron chi connectivity index (χ3n) is 4.24. The summed E-state index contributed by atoms with van der Waals surface area (Å²) in [5.41, 5.74) is 0. The van der Waals surface area contributed by atoms with Crippen molar-refractivity contribution in [3.05, 3.63) is 0 Å². The van der Waals surface area contributed by atoms with Crippen molar-refractivity contribution in [1.82, 2.24) is 0 Å². The molecule has 19 heavy (non-hydrogen) atoms. The van der Waals surface area contributed by atoms with Gasteiger partial charge in [0, 0.05) is 0 Å². The van der Waals surface area contributed by atoms with Crippen LogP contribution in [-0.2, 0) is 0 Å². The fraction of sp³-hybridized carbons (Fsp3) is 1.00. The first kappa shape index (κ1) is 25.0. The molecule has 3 heteroatoms. The molecule has 0 amide bonds. The van der Waals surface area contributed by atoms with Crippen LogP contribution >= 0.6 is 32.1 Å². The van der Waals surface area contributed by atoms with Crippen LogP contribution in [0.5, 0.6) is 0 Å². The van der Waals surface area contributed by atoms with Crippen molar-refractivity contribution in [2.45, 2.75) is 79.1 Å². The molecule has 0 aromatic carbocycles. The zero-order chi connectivity index (χ0) is 13.0. The minimum absolute atomic E-state index is 0. The molecule has 0 aliphatic heterocycles. The maximum atomic E-state index is 2.36.